The van der Waals surface area contributed by atoms with Crippen LogP contribution in [0.15, 0.2) is 12.5 Å². The third-order valence-electron chi connectivity index (χ3n) is 1.80. The van der Waals surface area contributed by atoms with E-state index in [0.29, 0.717) is 12.5 Å². The number of hydrogen-bond acceptors (Lipinski definition) is 3. The van der Waals surface area contributed by atoms with Crippen molar-refractivity contribution in [2.45, 2.75) is 26.9 Å². The van der Waals surface area contributed by atoms with Crippen molar-refractivity contribution in [1.29, 1.82) is 5.26 Å². The van der Waals surface area contributed by atoms with Crippen molar-refractivity contribution in [3.63, 3.8) is 0 Å². The van der Waals surface area contributed by atoms with Crippen LogP contribution in [0.3, 0.4) is 0 Å². The lowest BCUT2D eigenvalue weighted by Gasteiger charge is -2.04. The van der Waals surface area contributed by atoms with Crippen molar-refractivity contribution >= 4 is 0 Å². The first-order chi connectivity index (χ1) is 6.72. The molecule has 0 amide bonds. The first-order valence-corrected chi connectivity index (χ1v) is 4.80. The first-order valence-electron chi connectivity index (χ1n) is 4.80. The molecule has 0 saturated carbocycles. The fourth-order valence-electron chi connectivity index (χ4n) is 1.15. The maximum atomic E-state index is 8.46. The Morgan fingerprint density at radius 1 is 1.64 bits per heavy atom. The molecule has 0 aliphatic heterocycles. The van der Waals surface area contributed by atoms with E-state index in [9.17, 15) is 0 Å². The molecule has 76 valence electrons. The summed E-state index contributed by atoms with van der Waals surface area (Å²) in [6, 6.07) is 2.07. The summed E-state index contributed by atoms with van der Waals surface area (Å²) in [5.74, 6) is 0.649. The number of nitrogens with one attached hydrogen (secondary N) is 1. The summed E-state index contributed by atoms with van der Waals surface area (Å²) in [6.07, 6.45) is 3.59. The summed E-state index contributed by atoms with van der Waals surface area (Å²) < 4.78 is 1.78. The molecular weight excluding hydrogens is 176 g/mol. The van der Waals surface area contributed by atoms with Crippen molar-refractivity contribution in [3.8, 4) is 6.07 Å². The zero-order valence-corrected chi connectivity index (χ0v) is 8.70. The van der Waals surface area contributed by atoms with Crippen LogP contribution in [0, 0.1) is 17.2 Å². The lowest BCUT2D eigenvalue weighted by Crippen LogP contribution is -2.19. The highest BCUT2D eigenvalue weighted by Crippen LogP contribution is 1.96. The van der Waals surface area contributed by atoms with Crippen LogP contribution in [0.25, 0.3) is 0 Å². The van der Waals surface area contributed by atoms with E-state index in [-0.39, 0.29) is 0 Å². The van der Waals surface area contributed by atoms with Crippen LogP contribution < -0.4 is 5.32 Å². The molecular formula is C10H16N4. The van der Waals surface area contributed by atoms with Gasteiger partial charge in [0.1, 0.15) is 6.54 Å². The highest BCUT2D eigenvalue weighted by atomic mass is 15.0. The number of aromatic nitrogens is 2. The molecule has 0 fully saturated rings. The predicted molar refractivity (Wildman–Crippen MR) is 54.4 cm³/mol. The SMILES string of the molecule is CC(C)CNCc1cn(CC#N)cn1. The third-order valence-corrected chi connectivity index (χ3v) is 1.80. The second-order valence-electron chi connectivity index (χ2n) is 3.72. The average Bonchev–Trinajstić information content (AvgIpc) is 2.53. The molecule has 0 aliphatic carbocycles. The summed E-state index contributed by atoms with van der Waals surface area (Å²) in [7, 11) is 0. The molecule has 1 N–H and O–H groups in total. The third kappa shape index (κ3) is 3.58. The van der Waals surface area contributed by atoms with Gasteiger partial charge in [0.25, 0.3) is 0 Å². The normalized spacial score (nSPS) is 10.4. The van der Waals surface area contributed by atoms with E-state index in [1.54, 1.807) is 10.9 Å². The molecule has 0 aromatic carbocycles. The van der Waals surface area contributed by atoms with Crippen LogP contribution >= 0.6 is 0 Å². The van der Waals surface area contributed by atoms with Gasteiger partial charge in [-0.1, -0.05) is 13.8 Å². The molecule has 0 radical (unpaired) electrons. The van der Waals surface area contributed by atoms with E-state index in [1.807, 2.05) is 6.20 Å². The number of hydrogen-bond donors (Lipinski definition) is 1. The molecule has 14 heavy (non-hydrogen) atoms. The lowest BCUT2D eigenvalue weighted by molar-refractivity contribution is 0.548. The van der Waals surface area contributed by atoms with Crippen molar-refractivity contribution < 1.29 is 0 Å². The summed E-state index contributed by atoms with van der Waals surface area (Å²) in [5.41, 5.74) is 0.987. The Morgan fingerprint density at radius 3 is 3.07 bits per heavy atom. The number of nitriles is 1. The second-order valence-corrected chi connectivity index (χ2v) is 3.72. The molecule has 0 saturated heterocycles. The van der Waals surface area contributed by atoms with Crippen LogP contribution in [0.1, 0.15) is 19.5 Å². The van der Waals surface area contributed by atoms with Crippen LogP contribution in [0.4, 0.5) is 0 Å². The van der Waals surface area contributed by atoms with Crippen LogP contribution in [-0.2, 0) is 13.1 Å². The molecule has 0 atom stereocenters. The molecule has 0 unspecified atom stereocenters. The Bertz CT molecular complexity index is 308. The fraction of sp³-hybridized carbons (Fsp3) is 0.600. The molecule has 4 nitrogen and oxygen atoms in total. The zero-order valence-electron chi connectivity index (χ0n) is 8.70. The first kappa shape index (κ1) is 10.7. The molecule has 4 heteroatoms. The van der Waals surface area contributed by atoms with E-state index < -0.39 is 0 Å². The summed E-state index contributed by atoms with van der Waals surface area (Å²) in [4.78, 5) is 4.18. The predicted octanol–water partition coefficient (Wildman–Crippen LogP) is 1.15. The largest absolute Gasteiger partial charge is 0.323 e. The maximum Gasteiger partial charge on any atom is 0.111 e. The number of nitrogens with zero attached hydrogens (tertiary/aromatic N) is 3. The van der Waals surface area contributed by atoms with Crippen LogP contribution in [0.5, 0.6) is 0 Å². The van der Waals surface area contributed by atoms with Gasteiger partial charge >= 0.3 is 0 Å². The van der Waals surface area contributed by atoms with Gasteiger partial charge in [0.05, 0.1) is 18.1 Å². The lowest BCUT2D eigenvalue weighted by atomic mass is 10.2. The Balaban J connectivity index is 2.33. The van der Waals surface area contributed by atoms with Gasteiger partial charge in [0.15, 0.2) is 0 Å². The molecule has 0 bridgehead atoms. The molecule has 1 aromatic heterocycles. The Morgan fingerprint density at radius 2 is 2.43 bits per heavy atom. The van der Waals surface area contributed by atoms with Crippen LogP contribution in [-0.4, -0.2) is 16.1 Å². The Labute approximate surface area is 84.6 Å². The van der Waals surface area contributed by atoms with Gasteiger partial charge in [0.2, 0.25) is 0 Å². The van der Waals surface area contributed by atoms with Gasteiger partial charge in [-0.15, -0.1) is 0 Å². The summed E-state index contributed by atoms with van der Waals surface area (Å²) >= 11 is 0. The van der Waals surface area contributed by atoms with E-state index >= 15 is 0 Å². The Kier molecular flexibility index (Phi) is 4.14. The van der Waals surface area contributed by atoms with E-state index in [1.165, 1.54) is 0 Å². The van der Waals surface area contributed by atoms with Crippen molar-refractivity contribution in [1.82, 2.24) is 14.9 Å². The number of imidazole rings is 1. The van der Waals surface area contributed by atoms with Gasteiger partial charge < -0.3 is 9.88 Å². The average molecular weight is 192 g/mol. The zero-order chi connectivity index (χ0) is 10.4. The minimum Gasteiger partial charge on any atom is -0.323 e. The number of rotatable bonds is 5. The highest BCUT2D eigenvalue weighted by molar-refractivity contribution is 4.97. The molecule has 1 rings (SSSR count). The monoisotopic (exact) mass is 192 g/mol. The molecule has 1 heterocycles. The fourth-order valence-corrected chi connectivity index (χ4v) is 1.15. The standard InChI is InChI=1S/C10H16N4/c1-9(2)5-12-6-10-7-14(4-3-11)8-13-10/h7-9,12H,4-6H2,1-2H3. The van der Waals surface area contributed by atoms with Gasteiger partial charge in [-0.25, -0.2) is 4.98 Å². The van der Waals surface area contributed by atoms with Crippen LogP contribution in [0.2, 0.25) is 0 Å². The minimum absolute atomic E-state index is 0.372. The smallest absolute Gasteiger partial charge is 0.111 e. The van der Waals surface area contributed by atoms with Crippen molar-refractivity contribution in [2.75, 3.05) is 6.54 Å². The molecule has 0 aliphatic rings. The van der Waals surface area contributed by atoms with Gasteiger partial charge in [-0.3, -0.25) is 0 Å². The van der Waals surface area contributed by atoms with Gasteiger partial charge in [-0.05, 0) is 12.5 Å². The molecule has 1 aromatic rings. The highest BCUT2D eigenvalue weighted by Gasteiger charge is 1.98. The topological polar surface area (TPSA) is 53.6 Å². The molecule has 0 spiro atoms. The van der Waals surface area contributed by atoms with Crippen molar-refractivity contribution in [3.05, 3.63) is 18.2 Å². The van der Waals surface area contributed by atoms with Gasteiger partial charge in [0, 0.05) is 12.7 Å². The quantitative estimate of drug-likeness (QED) is 0.761. The summed E-state index contributed by atoms with van der Waals surface area (Å²) in [5, 5.41) is 11.8. The van der Waals surface area contributed by atoms with E-state index in [0.717, 1.165) is 18.8 Å². The summed E-state index contributed by atoms with van der Waals surface area (Å²) in [6.45, 7) is 6.47. The Hall–Kier alpha value is -1.34. The maximum absolute atomic E-state index is 8.46. The van der Waals surface area contributed by atoms with Gasteiger partial charge in [-0.2, -0.15) is 5.26 Å². The van der Waals surface area contributed by atoms with E-state index in [2.05, 4.69) is 30.2 Å². The minimum atomic E-state index is 0.372. The van der Waals surface area contributed by atoms with E-state index in [4.69, 9.17) is 5.26 Å². The van der Waals surface area contributed by atoms with Crippen molar-refractivity contribution in [2.24, 2.45) is 5.92 Å². The second kappa shape index (κ2) is 5.40.